The average Bonchev–Trinajstić information content (AvgIpc) is 2.43. The largest absolute Gasteiger partial charge is 0.504 e. The van der Waals surface area contributed by atoms with Gasteiger partial charge in [-0.2, -0.15) is 0 Å². The lowest BCUT2D eigenvalue weighted by Gasteiger charge is -2.12. The van der Waals surface area contributed by atoms with Gasteiger partial charge in [-0.3, -0.25) is 0 Å². The first-order valence-corrected chi connectivity index (χ1v) is 6.60. The summed E-state index contributed by atoms with van der Waals surface area (Å²) in [5, 5.41) is 9.71. The third-order valence-electron chi connectivity index (χ3n) is 3.51. The molecular weight excluding hydrogens is 268 g/mol. The van der Waals surface area contributed by atoms with Crippen LogP contribution in [0.4, 0.5) is 0 Å². The van der Waals surface area contributed by atoms with E-state index in [1.807, 2.05) is 32.9 Å². The number of phenolic OH excluding ortho intramolecular Hbond substituents is 1. The first-order valence-electron chi connectivity index (χ1n) is 6.60. The van der Waals surface area contributed by atoms with E-state index in [2.05, 4.69) is 0 Å². The fourth-order valence-corrected chi connectivity index (χ4v) is 2.16. The number of rotatable bonds is 3. The molecule has 110 valence electrons. The maximum absolute atomic E-state index is 12.3. The van der Waals surface area contributed by atoms with Gasteiger partial charge in [0.1, 0.15) is 5.75 Å². The highest BCUT2D eigenvalue weighted by atomic mass is 16.5. The summed E-state index contributed by atoms with van der Waals surface area (Å²) < 4.78 is 10.3. The summed E-state index contributed by atoms with van der Waals surface area (Å²) in [4.78, 5) is 12.3. The Balaban J connectivity index is 2.30. The average molecular weight is 286 g/mol. The molecule has 0 atom stereocenters. The maximum Gasteiger partial charge on any atom is 0.344 e. The summed E-state index contributed by atoms with van der Waals surface area (Å²) in [5.41, 5.74) is 3.36. The molecule has 4 nitrogen and oxygen atoms in total. The van der Waals surface area contributed by atoms with E-state index in [1.54, 1.807) is 12.1 Å². The molecule has 0 heterocycles. The Labute approximate surface area is 123 Å². The van der Waals surface area contributed by atoms with Crippen molar-refractivity contribution in [3.05, 3.63) is 52.6 Å². The second kappa shape index (κ2) is 5.87. The van der Waals surface area contributed by atoms with Gasteiger partial charge in [0.15, 0.2) is 11.5 Å². The van der Waals surface area contributed by atoms with E-state index in [9.17, 15) is 9.90 Å². The molecule has 0 aliphatic rings. The minimum Gasteiger partial charge on any atom is -0.504 e. The minimum absolute atomic E-state index is 0.0690. The lowest BCUT2D eigenvalue weighted by molar-refractivity contribution is 0.0733. The summed E-state index contributed by atoms with van der Waals surface area (Å²) in [6, 6.07) is 8.35. The number of carbonyl (C=O) groups excluding carboxylic acids is 1. The number of hydrogen-bond acceptors (Lipinski definition) is 4. The van der Waals surface area contributed by atoms with Gasteiger partial charge in [-0.25, -0.2) is 4.79 Å². The van der Waals surface area contributed by atoms with E-state index in [0.717, 1.165) is 16.7 Å². The van der Waals surface area contributed by atoms with Gasteiger partial charge in [0.05, 0.1) is 12.7 Å². The van der Waals surface area contributed by atoms with Gasteiger partial charge in [0.25, 0.3) is 0 Å². The van der Waals surface area contributed by atoms with Gasteiger partial charge in [0, 0.05) is 6.07 Å². The number of hydrogen-bond donors (Lipinski definition) is 1. The topological polar surface area (TPSA) is 55.8 Å². The lowest BCUT2D eigenvalue weighted by Crippen LogP contribution is -2.13. The summed E-state index contributed by atoms with van der Waals surface area (Å²) >= 11 is 0. The minimum atomic E-state index is -0.432. The van der Waals surface area contributed by atoms with Crippen LogP contribution in [0.15, 0.2) is 30.3 Å². The third kappa shape index (κ3) is 2.99. The molecule has 0 aliphatic carbocycles. The Bertz CT molecular complexity index is 689. The van der Waals surface area contributed by atoms with Gasteiger partial charge in [-0.05, 0) is 49.6 Å². The van der Waals surface area contributed by atoms with Crippen LogP contribution in [0.25, 0.3) is 0 Å². The maximum atomic E-state index is 12.3. The first kappa shape index (κ1) is 14.9. The SMILES string of the molecule is COc1ccc(OC(=O)c2c(C)ccc(C)c2C)cc1O. The number of carbonyl (C=O) groups is 1. The van der Waals surface area contributed by atoms with Crippen LogP contribution >= 0.6 is 0 Å². The number of aromatic hydroxyl groups is 1. The second-order valence-electron chi connectivity index (χ2n) is 4.92. The summed E-state index contributed by atoms with van der Waals surface area (Å²) in [6.07, 6.45) is 0. The smallest absolute Gasteiger partial charge is 0.344 e. The third-order valence-corrected chi connectivity index (χ3v) is 3.51. The van der Waals surface area contributed by atoms with Gasteiger partial charge in [0.2, 0.25) is 0 Å². The molecule has 2 aromatic rings. The fourth-order valence-electron chi connectivity index (χ4n) is 2.16. The van der Waals surface area contributed by atoms with Crippen molar-refractivity contribution in [1.82, 2.24) is 0 Å². The fraction of sp³-hybridized carbons (Fsp3) is 0.235. The lowest BCUT2D eigenvalue weighted by atomic mass is 9.98. The van der Waals surface area contributed by atoms with Crippen LogP contribution in [0.3, 0.4) is 0 Å². The van der Waals surface area contributed by atoms with Crippen molar-refractivity contribution in [3.8, 4) is 17.2 Å². The Morgan fingerprint density at radius 3 is 2.33 bits per heavy atom. The van der Waals surface area contributed by atoms with E-state index in [4.69, 9.17) is 9.47 Å². The molecule has 0 unspecified atom stereocenters. The normalized spacial score (nSPS) is 10.3. The van der Waals surface area contributed by atoms with Crippen LogP contribution in [0.5, 0.6) is 17.2 Å². The van der Waals surface area contributed by atoms with Crippen molar-refractivity contribution in [2.45, 2.75) is 20.8 Å². The quantitative estimate of drug-likeness (QED) is 0.692. The molecule has 2 rings (SSSR count). The molecule has 0 saturated carbocycles. The zero-order valence-corrected chi connectivity index (χ0v) is 12.6. The molecule has 1 N–H and O–H groups in total. The number of esters is 1. The molecule has 0 bridgehead atoms. The highest BCUT2D eigenvalue weighted by Crippen LogP contribution is 2.30. The number of aryl methyl sites for hydroxylation is 2. The molecule has 0 aromatic heterocycles. The molecule has 0 spiro atoms. The first-order chi connectivity index (χ1) is 9.93. The van der Waals surface area contributed by atoms with Crippen LogP contribution < -0.4 is 9.47 Å². The predicted molar refractivity (Wildman–Crippen MR) is 80.3 cm³/mol. The van der Waals surface area contributed by atoms with Gasteiger partial charge >= 0.3 is 5.97 Å². The molecule has 0 amide bonds. The molecule has 0 radical (unpaired) electrons. The van der Waals surface area contributed by atoms with E-state index in [1.165, 1.54) is 13.2 Å². The summed E-state index contributed by atoms with van der Waals surface area (Å²) in [7, 11) is 1.46. The zero-order valence-electron chi connectivity index (χ0n) is 12.6. The molecular formula is C17H18O4. The van der Waals surface area contributed by atoms with Gasteiger partial charge < -0.3 is 14.6 Å². The number of phenols is 1. The Morgan fingerprint density at radius 1 is 1.05 bits per heavy atom. The molecule has 4 heteroatoms. The second-order valence-corrected chi connectivity index (χ2v) is 4.92. The van der Waals surface area contributed by atoms with Crippen LogP contribution in [0.2, 0.25) is 0 Å². The Kier molecular flexibility index (Phi) is 4.17. The van der Waals surface area contributed by atoms with Crippen molar-refractivity contribution in [2.75, 3.05) is 7.11 Å². The van der Waals surface area contributed by atoms with E-state index >= 15 is 0 Å². The molecule has 0 fully saturated rings. The Hall–Kier alpha value is -2.49. The van der Waals surface area contributed by atoms with Crippen molar-refractivity contribution < 1.29 is 19.4 Å². The summed E-state index contributed by atoms with van der Waals surface area (Å²) in [5.74, 6) is 0.107. The van der Waals surface area contributed by atoms with Crippen molar-refractivity contribution in [1.29, 1.82) is 0 Å². The monoisotopic (exact) mass is 286 g/mol. The summed E-state index contributed by atoms with van der Waals surface area (Å²) in [6.45, 7) is 5.71. The predicted octanol–water partition coefficient (Wildman–Crippen LogP) is 3.55. The highest BCUT2D eigenvalue weighted by molar-refractivity contribution is 5.94. The van der Waals surface area contributed by atoms with Gasteiger partial charge in [-0.1, -0.05) is 12.1 Å². The van der Waals surface area contributed by atoms with E-state index in [0.29, 0.717) is 11.3 Å². The molecule has 0 aliphatic heterocycles. The zero-order chi connectivity index (χ0) is 15.6. The van der Waals surface area contributed by atoms with E-state index < -0.39 is 5.97 Å². The highest BCUT2D eigenvalue weighted by Gasteiger charge is 2.16. The number of benzene rings is 2. The number of ether oxygens (including phenoxy) is 2. The van der Waals surface area contributed by atoms with Crippen LogP contribution in [0.1, 0.15) is 27.0 Å². The molecule has 0 saturated heterocycles. The van der Waals surface area contributed by atoms with Crippen LogP contribution in [-0.2, 0) is 0 Å². The van der Waals surface area contributed by atoms with Crippen LogP contribution in [0, 0.1) is 20.8 Å². The molecule has 2 aromatic carbocycles. The number of methoxy groups -OCH3 is 1. The standard InChI is InChI=1S/C17H18O4/c1-10-5-6-11(2)16(12(10)3)17(19)21-13-7-8-15(20-4)14(18)9-13/h5-9,18H,1-4H3. The van der Waals surface area contributed by atoms with Crippen molar-refractivity contribution in [3.63, 3.8) is 0 Å². The van der Waals surface area contributed by atoms with E-state index in [-0.39, 0.29) is 11.5 Å². The van der Waals surface area contributed by atoms with Crippen LogP contribution in [-0.4, -0.2) is 18.2 Å². The molecule has 21 heavy (non-hydrogen) atoms. The van der Waals surface area contributed by atoms with Crippen molar-refractivity contribution >= 4 is 5.97 Å². The van der Waals surface area contributed by atoms with Gasteiger partial charge in [-0.15, -0.1) is 0 Å². The van der Waals surface area contributed by atoms with Crippen molar-refractivity contribution in [2.24, 2.45) is 0 Å². The Morgan fingerprint density at radius 2 is 1.71 bits per heavy atom.